The number of carboxylic acid groups (broad SMARTS) is 1. The lowest BCUT2D eigenvalue weighted by atomic mass is 9.98. The van der Waals surface area contributed by atoms with Gasteiger partial charge in [-0.15, -0.1) is 0 Å². The van der Waals surface area contributed by atoms with E-state index >= 15 is 0 Å². The molecule has 1 unspecified atom stereocenters. The van der Waals surface area contributed by atoms with E-state index < -0.39 is 12.1 Å². The lowest BCUT2D eigenvalue weighted by Crippen LogP contribution is -2.30. The minimum Gasteiger partial charge on any atom is -0.475 e. The quantitative estimate of drug-likeness (QED) is 0.516. The summed E-state index contributed by atoms with van der Waals surface area (Å²) >= 11 is 0. The molecule has 1 aromatic carbocycles. The van der Waals surface area contributed by atoms with Crippen molar-refractivity contribution >= 4 is 23.5 Å². The average molecular weight is 531 g/mol. The standard InChI is InChI=1S/C23H24N6O2.C2HF3O2/c1-14(2)29-13-25-21(27-29)18-12-28(23(31)19-5-3-4-10-24-19)20-9-6-15(11-17(18)20)22(30)26-16-7-8-16;3-2(4,5)1(6)7/h3-6,9-11,13-14,16,18H,7-8,12H2,1-2H3,(H,26,30);(H,6,7). The van der Waals surface area contributed by atoms with Gasteiger partial charge in [-0.05, 0) is 62.6 Å². The topological polar surface area (TPSA) is 130 Å². The van der Waals surface area contributed by atoms with Crippen molar-refractivity contribution in [3.05, 3.63) is 71.6 Å². The van der Waals surface area contributed by atoms with Crippen LogP contribution in [0.4, 0.5) is 18.9 Å². The molecule has 10 nitrogen and oxygen atoms in total. The Bertz CT molecular complexity index is 1340. The minimum absolute atomic E-state index is 0.0841. The first kappa shape index (κ1) is 26.8. The molecule has 1 aliphatic carbocycles. The number of carboxylic acids is 1. The van der Waals surface area contributed by atoms with Crippen LogP contribution >= 0.6 is 0 Å². The first-order valence-corrected chi connectivity index (χ1v) is 11.8. The molecular formula is C25H25F3N6O4. The predicted molar refractivity (Wildman–Crippen MR) is 129 cm³/mol. The highest BCUT2D eigenvalue weighted by Crippen LogP contribution is 2.40. The minimum atomic E-state index is -5.08. The van der Waals surface area contributed by atoms with Gasteiger partial charge in [0.2, 0.25) is 0 Å². The smallest absolute Gasteiger partial charge is 0.475 e. The number of pyridine rings is 1. The van der Waals surface area contributed by atoms with E-state index in [9.17, 15) is 22.8 Å². The normalized spacial score (nSPS) is 16.5. The highest BCUT2D eigenvalue weighted by Gasteiger charge is 2.38. The van der Waals surface area contributed by atoms with Crippen LogP contribution in [0.1, 0.15) is 70.9 Å². The van der Waals surface area contributed by atoms with E-state index in [2.05, 4.69) is 20.4 Å². The van der Waals surface area contributed by atoms with Crippen LogP contribution in [0.3, 0.4) is 0 Å². The summed E-state index contributed by atoms with van der Waals surface area (Å²) in [6.07, 6.45) is 0.301. The van der Waals surface area contributed by atoms with Crippen molar-refractivity contribution in [2.45, 2.75) is 50.9 Å². The third-order valence-electron chi connectivity index (χ3n) is 5.97. The Kier molecular flexibility index (Phi) is 7.46. The fourth-order valence-electron chi connectivity index (χ4n) is 3.83. The molecule has 0 spiro atoms. The monoisotopic (exact) mass is 530 g/mol. The summed E-state index contributed by atoms with van der Waals surface area (Å²) in [5.74, 6) is -2.59. The molecule has 2 aliphatic rings. The third kappa shape index (κ3) is 5.98. The predicted octanol–water partition coefficient (Wildman–Crippen LogP) is 3.57. The number of hydrogen-bond donors (Lipinski definition) is 2. The molecule has 2 aromatic heterocycles. The van der Waals surface area contributed by atoms with E-state index in [-0.39, 0.29) is 29.8 Å². The number of fused-ring (bicyclic) bond motifs is 1. The number of aromatic nitrogens is 4. The van der Waals surface area contributed by atoms with Crippen LogP contribution in [-0.4, -0.2) is 61.4 Å². The second-order valence-electron chi connectivity index (χ2n) is 9.18. The molecule has 3 aromatic rings. The number of carbonyl (C=O) groups is 3. The Labute approximate surface area is 215 Å². The molecule has 2 amide bonds. The summed E-state index contributed by atoms with van der Waals surface area (Å²) in [4.78, 5) is 45.2. The third-order valence-corrected chi connectivity index (χ3v) is 5.97. The van der Waals surface area contributed by atoms with Crippen molar-refractivity contribution in [2.24, 2.45) is 0 Å². The second kappa shape index (κ2) is 10.6. The van der Waals surface area contributed by atoms with E-state index in [1.807, 2.05) is 30.7 Å². The number of carbonyl (C=O) groups excluding carboxylic acids is 2. The number of anilines is 1. The summed E-state index contributed by atoms with van der Waals surface area (Å²) in [5.41, 5.74) is 2.62. The summed E-state index contributed by atoms with van der Waals surface area (Å²) in [6.45, 7) is 4.48. The number of aliphatic carboxylic acids is 1. The van der Waals surface area contributed by atoms with Gasteiger partial charge in [-0.3, -0.25) is 19.3 Å². The van der Waals surface area contributed by atoms with E-state index in [4.69, 9.17) is 9.90 Å². The van der Waals surface area contributed by atoms with Crippen molar-refractivity contribution in [1.82, 2.24) is 25.1 Å². The Balaban J connectivity index is 0.000000426. The molecule has 3 heterocycles. The molecule has 13 heteroatoms. The maximum absolute atomic E-state index is 13.2. The summed E-state index contributed by atoms with van der Waals surface area (Å²) in [7, 11) is 0. The Hall–Kier alpha value is -4.29. The van der Waals surface area contributed by atoms with Crippen LogP contribution in [-0.2, 0) is 4.79 Å². The Morgan fingerprint density at radius 2 is 1.82 bits per heavy atom. The Morgan fingerprint density at radius 3 is 2.37 bits per heavy atom. The van der Waals surface area contributed by atoms with Crippen LogP contribution in [0, 0.1) is 0 Å². The van der Waals surface area contributed by atoms with Crippen molar-refractivity contribution in [2.75, 3.05) is 11.4 Å². The summed E-state index contributed by atoms with van der Waals surface area (Å²) < 4.78 is 33.5. The SMILES string of the molecule is CC(C)n1cnc(C2CN(C(=O)c3ccccn3)c3ccc(C(=O)NC4CC4)cc32)n1.O=C(O)C(F)(F)F. The zero-order valence-corrected chi connectivity index (χ0v) is 20.5. The molecule has 38 heavy (non-hydrogen) atoms. The van der Waals surface area contributed by atoms with Crippen molar-refractivity contribution in [3.63, 3.8) is 0 Å². The molecule has 1 fully saturated rings. The van der Waals surface area contributed by atoms with E-state index in [1.54, 1.807) is 41.7 Å². The molecular weight excluding hydrogens is 505 g/mol. The Morgan fingerprint density at radius 1 is 1.11 bits per heavy atom. The zero-order valence-electron chi connectivity index (χ0n) is 20.5. The highest BCUT2D eigenvalue weighted by atomic mass is 19.4. The van der Waals surface area contributed by atoms with E-state index in [1.165, 1.54) is 0 Å². The lowest BCUT2D eigenvalue weighted by Gasteiger charge is -2.17. The maximum atomic E-state index is 13.2. The fourth-order valence-corrected chi connectivity index (χ4v) is 3.83. The number of hydrogen-bond acceptors (Lipinski definition) is 6. The van der Waals surface area contributed by atoms with Crippen molar-refractivity contribution in [3.8, 4) is 0 Å². The van der Waals surface area contributed by atoms with Crippen LogP contribution in [0.25, 0.3) is 0 Å². The number of nitrogens with zero attached hydrogens (tertiary/aromatic N) is 5. The van der Waals surface area contributed by atoms with Gasteiger partial charge < -0.3 is 15.3 Å². The molecule has 1 atom stereocenters. The van der Waals surface area contributed by atoms with Gasteiger partial charge in [0, 0.05) is 36.1 Å². The second-order valence-corrected chi connectivity index (χ2v) is 9.18. The molecule has 1 aliphatic heterocycles. The van der Waals surface area contributed by atoms with Crippen LogP contribution < -0.4 is 10.2 Å². The number of nitrogens with one attached hydrogen (secondary N) is 1. The van der Waals surface area contributed by atoms with Gasteiger partial charge in [-0.1, -0.05) is 6.07 Å². The van der Waals surface area contributed by atoms with E-state index in [0.29, 0.717) is 23.6 Å². The van der Waals surface area contributed by atoms with Gasteiger partial charge in [0.15, 0.2) is 5.82 Å². The molecule has 5 rings (SSSR count). The van der Waals surface area contributed by atoms with Crippen molar-refractivity contribution < 1.29 is 32.7 Å². The van der Waals surface area contributed by atoms with Gasteiger partial charge in [0.05, 0.1) is 5.92 Å². The number of alkyl halides is 3. The number of amides is 2. The number of halogens is 3. The lowest BCUT2D eigenvalue weighted by molar-refractivity contribution is -0.192. The van der Waals surface area contributed by atoms with Gasteiger partial charge in [-0.25, -0.2) is 9.78 Å². The van der Waals surface area contributed by atoms with Gasteiger partial charge in [0.1, 0.15) is 12.0 Å². The number of rotatable bonds is 5. The molecule has 1 saturated carbocycles. The van der Waals surface area contributed by atoms with Gasteiger partial charge in [0.25, 0.3) is 11.8 Å². The largest absolute Gasteiger partial charge is 0.490 e. The summed E-state index contributed by atoms with van der Waals surface area (Å²) in [5, 5.41) is 14.8. The van der Waals surface area contributed by atoms with Crippen molar-refractivity contribution in [1.29, 1.82) is 0 Å². The first-order valence-electron chi connectivity index (χ1n) is 11.8. The van der Waals surface area contributed by atoms with Gasteiger partial charge in [-0.2, -0.15) is 18.3 Å². The molecule has 0 bridgehead atoms. The first-order chi connectivity index (χ1) is 18.0. The zero-order chi connectivity index (χ0) is 27.6. The van der Waals surface area contributed by atoms with Gasteiger partial charge >= 0.3 is 12.1 Å². The van der Waals surface area contributed by atoms with Crippen LogP contribution in [0.2, 0.25) is 0 Å². The molecule has 200 valence electrons. The average Bonchev–Trinajstić information content (AvgIpc) is 3.41. The van der Waals surface area contributed by atoms with Crippen LogP contribution in [0.15, 0.2) is 48.9 Å². The van der Waals surface area contributed by atoms with E-state index in [0.717, 1.165) is 24.1 Å². The summed E-state index contributed by atoms with van der Waals surface area (Å²) in [6, 6.07) is 11.2. The molecule has 2 N–H and O–H groups in total. The number of benzene rings is 1. The fraction of sp³-hybridized carbons (Fsp3) is 0.360. The highest BCUT2D eigenvalue weighted by molar-refractivity contribution is 6.07. The maximum Gasteiger partial charge on any atom is 0.490 e. The van der Waals surface area contributed by atoms with Crippen LogP contribution in [0.5, 0.6) is 0 Å². The molecule has 0 radical (unpaired) electrons. The molecule has 0 saturated heterocycles.